The van der Waals surface area contributed by atoms with Crippen molar-refractivity contribution in [2.75, 3.05) is 20.2 Å². The Labute approximate surface area is 266 Å². The van der Waals surface area contributed by atoms with Crippen molar-refractivity contribution >= 4 is 28.6 Å². The Kier molecular flexibility index (Phi) is 7.37. The number of aromatic nitrogens is 2. The maximum absolute atomic E-state index is 13.6. The van der Waals surface area contributed by atoms with Gasteiger partial charge in [-0.3, -0.25) is 9.59 Å². The topological polar surface area (TPSA) is 111 Å². The van der Waals surface area contributed by atoms with Crippen LogP contribution in [0.25, 0.3) is 22.0 Å². The summed E-state index contributed by atoms with van der Waals surface area (Å²) in [6.07, 6.45) is 7.24. The molecular weight excluding hydrogens is 545 g/mol. The van der Waals surface area contributed by atoms with Gasteiger partial charge >= 0.3 is 35.5 Å². The van der Waals surface area contributed by atoms with Crippen LogP contribution in [0, 0.1) is 0 Å². The third-order valence-corrected chi connectivity index (χ3v) is 8.57. The van der Waals surface area contributed by atoms with E-state index in [1.165, 1.54) is 12.3 Å². The predicted octanol–water partition coefficient (Wildman–Crippen LogP) is 2.50. The van der Waals surface area contributed by atoms with E-state index in [1.807, 2.05) is 23.1 Å². The molecule has 0 atom stereocenters. The third kappa shape index (κ3) is 4.99. The van der Waals surface area contributed by atoms with Gasteiger partial charge in [-0.05, 0) is 54.8 Å². The molecule has 4 heterocycles. The van der Waals surface area contributed by atoms with E-state index >= 15 is 0 Å². The number of hydrogen-bond donors (Lipinski definition) is 1. The van der Waals surface area contributed by atoms with Crippen LogP contribution in [0.4, 0.5) is 0 Å². The van der Waals surface area contributed by atoms with Crippen LogP contribution in [-0.4, -0.2) is 63.0 Å². The number of pyridine rings is 1. The second-order valence-electron chi connectivity index (χ2n) is 11.2. The number of benzene rings is 2. The van der Waals surface area contributed by atoms with Crippen LogP contribution in [0.2, 0.25) is 0 Å². The van der Waals surface area contributed by atoms with Crippen LogP contribution in [0.15, 0.2) is 60.9 Å². The minimum atomic E-state index is -1.09. The number of methoxy groups -OCH3 is 1. The molecule has 1 saturated carbocycles. The van der Waals surface area contributed by atoms with E-state index in [-0.39, 0.29) is 54.8 Å². The molecule has 210 valence electrons. The molecule has 10 heteroatoms. The normalized spacial score (nSPS) is 17.4. The molecule has 2 aromatic carbocycles. The summed E-state index contributed by atoms with van der Waals surface area (Å²) in [4.78, 5) is 43.9. The smallest absolute Gasteiger partial charge is 1.00 e. The number of fused-ring (bicyclic) bond motifs is 2. The molecule has 1 amide bonds. The summed E-state index contributed by atoms with van der Waals surface area (Å²) in [6, 6.07) is 14.9. The fourth-order valence-corrected chi connectivity index (χ4v) is 6.14. The Morgan fingerprint density at radius 1 is 1.07 bits per heavy atom. The molecule has 2 aromatic heterocycles. The van der Waals surface area contributed by atoms with Crippen LogP contribution >= 0.6 is 0 Å². The minimum Gasteiger partial charge on any atom is -1.00 e. The van der Waals surface area contributed by atoms with E-state index in [9.17, 15) is 14.4 Å². The molecular formula is C32H30N3NaO6. The number of carbonyl (C=O) groups is 3. The monoisotopic (exact) mass is 575 g/mol. The van der Waals surface area contributed by atoms with E-state index in [0.717, 1.165) is 34.9 Å². The van der Waals surface area contributed by atoms with Crippen LogP contribution in [0.1, 0.15) is 70.8 Å². The molecule has 7 rings (SSSR count). The largest absolute Gasteiger partial charge is 1.00 e. The molecule has 3 aliphatic rings. The van der Waals surface area contributed by atoms with Gasteiger partial charge in [0, 0.05) is 60.9 Å². The number of carbonyl (C=O) groups excluding carboxylic acids is 2. The van der Waals surface area contributed by atoms with Crippen molar-refractivity contribution in [1.82, 2.24) is 14.5 Å². The second-order valence-corrected chi connectivity index (χ2v) is 11.2. The number of likely N-dealkylation sites (tertiary alicyclic amines) is 1. The van der Waals surface area contributed by atoms with E-state index in [1.54, 1.807) is 25.3 Å². The van der Waals surface area contributed by atoms with E-state index < -0.39 is 11.6 Å². The first-order chi connectivity index (χ1) is 19.8. The molecule has 2 fully saturated rings. The van der Waals surface area contributed by atoms with Gasteiger partial charge in [0.25, 0.3) is 5.91 Å². The molecule has 2 aliphatic heterocycles. The van der Waals surface area contributed by atoms with E-state index in [2.05, 4.69) is 21.8 Å². The average molecular weight is 576 g/mol. The first-order valence-electron chi connectivity index (χ1n) is 13.9. The first kappa shape index (κ1) is 28.5. The third-order valence-electron chi connectivity index (χ3n) is 8.57. The standard InChI is InChI=1S/C32H29N3O6.Na.H/c1-40-29-16-21(15-26-23(29)8-11-35(26)22-4-5-22)30(37)34-12-9-32(10-13-34)17-27(36)24-14-19(3-7-28(24)41-32)20-2-6-25(31(38)39)33-18-20;;/h2-3,6-8,11,14-16,18,22H,4-5,9-10,12-13,17H2,1H3,(H,38,39);;/q;+1;-1. The second kappa shape index (κ2) is 10.9. The molecule has 1 spiro atoms. The maximum atomic E-state index is 13.6. The maximum Gasteiger partial charge on any atom is 1.00 e. The number of aromatic carboxylic acids is 1. The number of nitrogens with zero attached hydrogens (tertiary/aromatic N) is 3. The molecule has 1 N–H and O–H groups in total. The Hall–Kier alpha value is -3.66. The van der Waals surface area contributed by atoms with E-state index in [4.69, 9.17) is 14.6 Å². The summed E-state index contributed by atoms with van der Waals surface area (Å²) in [6.45, 7) is 0.982. The van der Waals surface area contributed by atoms with Crippen LogP contribution in [0.3, 0.4) is 0 Å². The first-order valence-corrected chi connectivity index (χ1v) is 13.9. The fourth-order valence-electron chi connectivity index (χ4n) is 6.14. The van der Waals surface area contributed by atoms with Crippen molar-refractivity contribution in [3.63, 3.8) is 0 Å². The molecule has 4 aromatic rings. The number of rotatable bonds is 5. The molecule has 0 bridgehead atoms. The van der Waals surface area contributed by atoms with Gasteiger partial charge in [-0.25, -0.2) is 9.78 Å². The Morgan fingerprint density at radius 2 is 1.83 bits per heavy atom. The van der Waals surface area contributed by atoms with Gasteiger partial charge in [0.15, 0.2) is 5.78 Å². The number of hydrogen-bond acceptors (Lipinski definition) is 6. The quantitative estimate of drug-likeness (QED) is 0.364. The van der Waals surface area contributed by atoms with Crippen LogP contribution in [0.5, 0.6) is 11.5 Å². The summed E-state index contributed by atoms with van der Waals surface area (Å²) < 4.78 is 14.3. The van der Waals surface area contributed by atoms with Crippen molar-refractivity contribution in [2.45, 2.75) is 43.7 Å². The van der Waals surface area contributed by atoms with Crippen LogP contribution in [-0.2, 0) is 0 Å². The van der Waals surface area contributed by atoms with Gasteiger partial charge in [-0.1, -0.05) is 12.1 Å². The van der Waals surface area contributed by atoms with E-state index in [0.29, 0.717) is 54.6 Å². The molecule has 1 aliphatic carbocycles. The minimum absolute atomic E-state index is 0. The van der Waals surface area contributed by atoms with Gasteiger partial charge in [0.2, 0.25) is 0 Å². The number of ketones is 1. The van der Waals surface area contributed by atoms with Crippen molar-refractivity contribution in [3.8, 4) is 22.6 Å². The summed E-state index contributed by atoms with van der Waals surface area (Å²) in [5.41, 5.74) is 2.94. The molecule has 0 unspecified atom stereocenters. The number of ether oxygens (including phenoxy) is 2. The summed E-state index contributed by atoms with van der Waals surface area (Å²) >= 11 is 0. The van der Waals surface area contributed by atoms with Gasteiger partial charge in [-0.2, -0.15) is 0 Å². The molecule has 9 nitrogen and oxygen atoms in total. The number of Topliss-reactive ketones (excluding diaryl/α,β-unsaturated/α-hetero) is 1. The summed E-state index contributed by atoms with van der Waals surface area (Å²) in [7, 11) is 1.63. The molecule has 0 radical (unpaired) electrons. The van der Waals surface area contributed by atoms with Crippen molar-refractivity contribution in [3.05, 3.63) is 77.7 Å². The predicted molar refractivity (Wildman–Crippen MR) is 152 cm³/mol. The van der Waals surface area contributed by atoms with Gasteiger partial charge < -0.3 is 25.5 Å². The van der Waals surface area contributed by atoms with Crippen LogP contribution < -0.4 is 39.0 Å². The number of piperidine rings is 1. The SMILES string of the molecule is COc1cc(C(=O)N2CCC3(CC2)CC(=O)c2cc(-c4ccc(C(=O)O)nc4)ccc2O3)cc2c1ccn2C1CC1.[H-].[Na+]. The van der Waals surface area contributed by atoms with Gasteiger partial charge in [0.05, 0.1) is 24.6 Å². The number of amides is 1. The zero-order chi connectivity index (χ0) is 28.3. The van der Waals surface area contributed by atoms with Crippen molar-refractivity contribution in [1.29, 1.82) is 0 Å². The molecule has 42 heavy (non-hydrogen) atoms. The summed E-state index contributed by atoms with van der Waals surface area (Å²) in [5.74, 6) is 0.103. The van der Waals surface area contributed by atoms with Crippen molar-refractivity contribution < 1.29 is 59.9 Å². The van der Waals surface area contributed by atoms with Crippen molar-refractivity contribution in [2.24, 2.45) is 0 Å². The van der Waals surface area contributed by atoms with Gasteiger partial charge in [-0.15, -0.1) is 0 Å². The zero-order valence-electron chi connectivity index (χ0n) is 24.6. The number of carboxylic acid groups (broad SMARTS) is 1. The Morgan fingerprint density at radius 3 is 2.50 bits per heavy atom. The zero-order valence-corrected chi connectivity index (χ0v) is 25.6. The Balaban J connectivity index is 0.00000184. The number of carboxylic acids is 1. The van der Waals surface area contributed by atoms with Gasteiger partial charge in [0.1, 0.15) is 22.8 Å². The fraction of sp³-hybridized carbons (Fsp3) is 0.312. The summed E-state index contributed by atoms with van der Waals surface area (Å²) in [5, 5.41) is 10.1. The Bertz CT molecular complexity index is 1730. The molecule has 1 saturated heterocycles. The average Bonchev–Trinajstić information content (AvgIpc) is 3.74.